The number of carbonyl (C=O) groups is 1. The number of pyridine rings is 1. The molecule has 0 atom stereocenters. The fourth-order valence-electron chi connectivity index (χ4n) is 2.33. The first-order valence-corrected chi connectivity index (χ1v) is 8.50. The number of hydrogen-bond acceptors (Lipinski definition) is 5. The zero-order chi connectivity index (χ0) is 18.4. The quantitative estimate of drug-likeness (QED) is 0.603. The Morgan fingerprint density at radius 1 is 1.23 bits per heavy atom. The minimum Gasteiger partial charge on any atom is -0.331 e. The summed E-state index contributed by atoms with van der Waals surface area (Å²) in [6, 6.07) is 5.10. The van der Waals surface area contributed by atoms with Crippen molar-refractivity contribution in [3.05, 3.63) is 42.6 Å². The molecule has 3 N–H and O–H groups in total. The first-order chi connectivity index (χ1) is 12.6. The molecule has 3 aromatic heterocycles. The summed E-state index contributed by atoms with van der Waals surface area (Å²) in [7, 11) is 0. The number of aromatic amines is 1. The van der Waals surface area contributed by atoms with Crippen LogP contribution < -0.4 is 10.6 Å². The van der Waals surface area contributed by atoms with Crippen LogP contribution in [0.4, 0.5) is 10.6 Å². The maximum absolute atomic E-state index is 12.1. The van der Waals surface area contributed by atoms with E-state index in [1.54, 1.807) is 29.3 Å². The van der Waals surface area contributed by atoms with Gasteiger partial charge in [0.05, 0.1) is 12.7 Å². The number of nitrogens with one attached hydrogen (secondary N) is 3. The summed E-state index contributed by atoms with van der Waals surface area (Å²) in [4.78, 5) is 20.4. The van der Waals surface area contributed by atoms with Crippen LogP contribution in [-0.2, 0) is 13.1 Å². The van der Waals surface area contributed by atoms with E-state index in [4.69, 9.17) is 0 Å². The summed E-state index contributed by atoms with van der Waals surface area (Å²) in [5.41, 5.74) is 0.862. The first-order valence-electron chi connectivity index (χ1n) is 8.50. The molecule has 0 saturated heterocycles. The van der Waals surface area contributed by atoms with Crippen LogP contribution in [0.2, 0.25) is 0 Å². The fourth-order valence-corrected chi connectivity index (χ4v) is 2.33. The molecule has 0 saturated carbocycles. The number of urea groups is 1. The number of aryl methyl sites for hydroxylation is 1. The highest BCUT2D eigenvalue weighted by Gasteiger charge is 2.10. The molecule has 0 unspecified atom stereocenters. The van der Waals surface area contributed by atoms with Crippen molar-refractivity contribution in [2.75, 3.05) is 5.32 Å². The molecule has 0 aliphatic carbocycles. The maximum Gasteiger partial charge on any atom is 0.320 e. The molecule has 26 heavy (non-hydrogen) atoms. The van der Waals surface area contributed by atoms with Crippen molar-refractivity contribution in [2.45, 2.75) is 33.4 Å². The van der Waals surface area contributed by atoms with Gasteiger partial charge in [0, 0.05) is 30.6 Å². The SMILES string of the molecule is CC(C)CCn1nccc1NC(=O)NCc1nc(-c2ccncc2)n[nH]1. The fraction of sp³-hybridized carbons (Fsp3) is 0.353. The molecular formula is C17H22N8O. The Hall–Kier alpha value is -3.23. The Balaban J connectivity index is 1.52. The lowest BCUT2D eigenvalue weighted by Crippen LogP contribution is -2.29. The average molecular weight is 354 g/mol. The zero-order valence-electron chi connectivity index (χ0n) is 14.8. The molecule has 0 aliphatic rings. The topological polar surface area (TPSA) is 113 Å². The standard InChI is InChI=1S/C17H22N8O/c1-12(2)6-10-25-15(5-9-20-25)22-17(26)19-11-14-21-16(24-23-14)13-3-7-18-8-4-13/h3-5,7-9,12H,6,10-11H2,1-2H3,(H2,19,22,26)(H,21,23,24). The summed E-state index contributed by atoms with van der Waals surface area (Å²) in [5.74, 6) is 2.37. The minimum absolute atomic E-state index is 0.240. The van der Waals surface area contributed by atoms with E-state index in [2.05, 4.69) is 49.7 Å². The monoisotopic (exact) mass is 354 g/mol. The summed E-state index contributed by atoms with van der Waals surface area (Å²) < 4.78 is 1.79. The van der Waals surface area contributed by atoms with Crippen LogP contribution in [0.3, 0.4) is 0 Å². The molecule has 9 nitrogen and oxygen atoms in total. The van der Waals surface area contributed by atoms with Crippen molar-refractivity contribution in [1.29, 1.82) is 0 Å². The summed E-state index contributed by atoms with van der Waals surface area (Å²) >= 11 is 0. The van der Waals surface area contributed by atoms with Crippen molar-refractivity contribution in [1.82, 2.24) is 35.3 Å². The first kappa shape index (κ1) is 17.6. The molecule has 3 aromatic rings. The number of hydrogen-bond donors (Lipinski definition) is 3. The lowest BCUT2D eigenvalue weighted by Gasteiger charge is -2.10. The normalized spacial score (nSPS) is 10.9. The highest BCUT2D eigenvalue weighted by molar-refractivity contribution is 5.88. The van der Waals surface area contributed by atoms with Crippen LogP contribution >= 0.6 is 0 Å². The van der Waals surface area contributed by atoms with Crippen LogP contribution in [-0.4, -0.2) is 36.0 Å². The Morgan fingerprint density at radius 2 is 2.04 bits per heavy atom. The van der Waals surface area contributed by atoms with Gasteiger partial charge < -0.3 is 5.32 Å². The Bertz CT molecular complexity index is 839. The molecule has 3 heterocycles. The van der Waals surface area contributed by atoms with Gasteiger partial charge in [-0.1, -0.05) is 13.8 Å². The average Bonchev–Trinajstić information content (AvgIpc) is 3.28. The summed E-state index contributed by atoms with van der Waals surface area (Å²) in [5, 5.41) is 16.8. The zero-order valence-corrected chi connectivity index (χ0v) is 14.8. The molecule has 0 bridgehead atoms. The number of amides is 2. The lowest BCUT2D eigenvalue weighted by atomic mass is 10.1. The molecule has 0 radical (unpaired) electrons. The second kappa shape index (κ2) is 8.24. The van der Waals surface area contributed by atoms with Gasteiger partial charge >= 0.3 is 6.03 Å². The van der Waals surface area contributed by atoms with Crippen LogP contribution in [0.5, 0.6) is 0 Å². The van der Waals surface area contributed by atoms with Crippen molar-refractivity contribution < 1.29 is 4.79 Å². The van der Waals surface area contributed by atoms with E-state index in [1.807, 2.05) is 12.1 Å². The van der Waals surface area contributed by atoms with E-state index in [-0.39, 0.29) is 12.6 Å². The van der Waals surface area contributed by atoms with Crippen LogP contribution in [0, 0.1) is 5.92 Å². The highest BCUT2D eigenvalue weighted by atomic mass is 16.2. The van der Waals surface area contributed by atoms with Gasteiger partial charge in [0.25, 0.3) is 0 Å². The molecule has 9 heteroatoms. The van der Waals surface area contributed by atoms with E-state index in [0.29, 0.717) is 23.4 Å². The molecule has 3 rings (SSSR count). The molecular weight excluding hydrogens is 332 g/mol. The van der Waals surface area contributed by atoms with Gasteiger partial charge in [-0.25, -0.2) is 14.5 Å². The Morgan fingerprint density at radius 3 is 2.81 bits per heavy atom. The van der Waals surface area contributed by atoms with E-state index in [1.165, 1.54) is 0 Å². The third-order valence-corrected chi connectivity index (χ3v) is 3.76. The van der Waals surface area contributed by atoms with Crippen molar-refractivity contribution in [3.63, 3.8) is 0 Å². The molecule has 0 aliphatic heterocycles. The van der Waals surface area contributed by atoms with Crippen molar-refractivity contribution in [2.24, 2.45) is 5.92 Å². The summed E-state index contributed by atoms with van der Waals surface area (Å²) in [6.07, 6.45) is 6.03. The lowest BCUT2D eigenvalue weighted by molar-refractivity contribution is 0.251. The van der Waals surface area contributed by atoms with Crippen LogP contribution in [0.25, 0.3) is 11.4 Å². The maximum atomic E-state index is 12.1. The predicted molar refractivity (Wildman–Crippen MR) is 97.2 cm³/mol. The van der Waals surface area contributed by atoms with E-state index in [9.17, 15) is 4.79 Å². The van der Waals surface area contributed by atoms with E-state index in [0.717, 1.165) is 18.5 Å². The van der Waals surface area contributed by atoms with Gasteiger partial charge in [-0.05, 0) is 24.5 Å². The number of nitrogens with zero attached hydrogens (tertiary/aromatic N) is 5. The van der Waals surface area contributed by atoms with Gasteiger partial charge in [0.2, 0.25) is 0 Å². The second-order valence-electron chi connectivity index (χ2n) is 6.27. The van der Waals surface area contributed by atoms with Crippen LogP contribution in [0.1, 0.15) is 26.1 Å². The summed E-state index contributed by atoms with van der Waals surface area (Å²) in [6.45, 7) is 5.31. The highest BCUT2D eigenvalue weighted by Crippen LogP contribution is 2.12. The van der Waals surface area contributed by atoms with Gasteiger partial charge in [0.1, 0.15) is 11.6 Å². The molecule has 0 spiro atoms. The van der Waals surface area contributed by atoms with Crippen molar-refractivity contribution >= 4 is 11.8 Å². The van der Waals surface area contributed by atoms with E-state index < -0.39 is 0 Å². The Labute approximate surface area is 151 Å². The predicted octanol–water partition coefficient (Wildman–Crippen LogP) is 2.43. The number of rotatable bonds is 7. The number of anilines is 1. The van der Waals surface area contributed by atoms with E-state index >= 15 is 0 Å². The van der Waals surface area contributed by atoms with Gasteiger partial charge in [-0.3, -0.25) is 15.4 Å². The third kappa shape index (κ3) is 4.65. The molecule has 0 fully saturated rings. The third-order valence-electron chi connectivity index (χ3n) is 3.76. The second-order valence-corrected chi connectivity index (χ2v) is 6.27. The van der Waals surface area contributed by atoms with Crippen LogP contribution in [0.15, 0.2) is 36.8 Å². The number of aromatic nitrogens is 6. The Kier molecular flexibility index (Phi) is 5.57. The number of H-pyrrole nitrogens is 1. The van der Waals surface area contributed by atoms with Gasteiger partial charge in [-0.2, -0.15) is 10.2 Å². The molecule has 2 amide bonds. The molecule has 136 valence electrons. The molecule has 0 aromatic carbocycles. The number of carbonyl (C=O) groups excluding carboxylic acids is 1. The largest absolute Gasteiger partial charge is 0.331 e. The minimum atomic E-state index is -0.321. The van der Waals surface area contributed by atoms with Gasteiger partial charge in [0.15, 0.2) is 5.82 Å². The smallest absolute Gasteiger partial charge is 0.320 e. The van der Waals surface area contributed by atoms with Crippen molar-refractivity contribution in [3.8, 4) is 11.4 Å². The van der Waals surface area contributed by atoms with Gasteiger partial charge in [-0.15, -0.1) is 0 Å².